The number of nitrogens with two attached hydrogens (primary N) is 1. The van der Waals surface area contributed by atoms with E-state index in [9.17, 15) is 13.9 Å². The van der Waals surface area contributed by atoms with Gasteiger partial charge in [0.15, 0.2) is 0 Å². The van der Waals surface area contributed by atoms with Crippen LogP contribution >= 0.6 is 0 Å². The van der Waals surface area contributed by atoms with Crippen LogP contribution in [0.15, 0.2) is 18.2 Å². The summed E-state index contributed by atoms with van der Waals surface area (Å²) in [7, 11) is 0. The van der Waals surface area contributed by atoms with Gasteiger partial charge in [-0.05, 0) is 24.1 Å². The second kappa shape index (κ2) is 4.37. The number of benzene rings is 1. The predicted octanol–water partition coefficient (Wildman–Crippen LogP) is 2.39. The Balaban J connectivity index is 3.13. The first-order chi connectivity index (χ1) is 6.57. The third-order valence-corrected chi connectivity index (χ3v) is 2.22. The van der Waals surface area contributed by atoms with Gasteiger partial charge in [0.05, 0.1) is 5.56 Å². The fraction of sp³-hybridized carbons (Fsp3) is 0.400. The van der Waals surface area contributed by atoms with Crippen LogP contribution in [0.25, 0.3) is 0 Å². The van der Waals surface area contributed by atoms with Gasteiger partial charge >= 0.3 is 0 Å². The molecule has 2 nitrogen and oxygen atoms in total. The van der Waals surface area contributed by atoms with Gasteiger partial charge in [0.25, 0.3) is 6.43 Å². The first-order valence-electron chi connectivity index (χ1n) is 4.38. The smallest absolute Gasteiger partial charge is 0.267 e. The molecule has 0 bridgehead atoms. The Morgan fingerprint density at radius 3 is 2.43 bits per heavy atom. The maximum atomic E-state index is 12.4. The fourth-order valence-electron chi connectivity index (χ4n) is 1.28. The molecule has 0 amide bonds. The number of phenols is 1. The summed E-state index contributed by atoms with van der Waals surface area (Å²) >= 11 is 0. The zero-order chi connectivity index (χ0) is 10.7. The number of aromatic hydroxyl groups is 1. The summed E-state index contributed by atoms with van der Waals surface area (Å²) in [4.78, 5) is 0. The molecule has 1 rings (SSSR count). The number of halogens is 2. The van der Waals surface area contributed by atoms with Gasteiger partial charge in [0.2, 0.25) is 0 Å². The van der Waals surface area contributed by atoms with Crippen LogP contribution in [0.4, 0.5) is 8.78 Å². The van der Waals surface area contributed by atoms with Crippen molar-refractivity contribution in [2.75, 3.05) is 6.54 Å². The molecule has 4 heteroatoms. The van der Waals surface area contributed by atoms with E-state index in [0.717, 1.165) is 0 Å². The molecule has 0 saturated heterocycles. The fourth-order valence-corrected chi connectivity index (χ4v) is 1.28. The van der Waals surface area contributed by atoms with E-state index in [-0.39, 0.29) is 17.2 Å². The van der Waals surface area contributed by atoms with E-state index >= 15 is 0 Å². The minimum atomic E-state index is -2.65. The highest BCUT2D eigenvalue weighted by Gasteiger charge is 2.17. The molecule has 1 aromatic carbocycles. The van der Waals surface area contributed by atoms with E-state index in [0.29, 0.717) is 12.1 Å². The maximum absolute atomic E-state index is 12.4. The van der Waals surface area contributed by atoms with Crippen LogP contribution in [0.5, 0.6) is 5.75 Å². The summed E-state index contributed by atoms with van der Waals surface area (Å²) in [5.74, 6) is -0.450. The lowest BCUT2D eigenvalue weighted by molar-refractivity contribution is 0.147. The summed E-state index contributed by atoms with van der Waals surface area (Å²) in [5.41, 5.74) is 5.55. The molecular weight excluding hydrogens is 188 g/mol. The standard InChI is InChI=1S/C10H13F2NO/c1-6(5-13)7-3-2-4-8(9(7)14)10(11)12/h2-4,6,10,14H,5,13H2,1H3. The highest BCUT2D eigenvalue weighted by Crippen LogP contribution is 2.34. The van der Waals surface area contributed by atoms with Gasteiger partial charge in [0, 0.05) is 0 Å². The van der Waals surface area contributed by atoms with Crippen LogP contribution in [0.2, 0.25) is 0 Å². The number of hydrogen-bond donors (Lipinski definition) is 2. The highest BCUT2D eigenvalue weighted by atomic mass is 19.3. The lowest BCUT2D eigenvalue weighted by Crippen LogP contribution is -2.09. The van der Waals surface area contributed by atoms with Crippen LogP contribution < -0.4 is 5.73 Å². The van der Waals surface area contributed by atoms with Gasteiger partial charge in [-0.1, -0.05) is 19.1 Å². The van der Waals surface area contributed by atoms with Crippen LogP contribution in [0.3, 0.4) is 0 Å². The molecule has 1 atom stereocenters. The van der Waals surface area contributed by atoms with Crippen molar-refractivity contribution in [1.29, 1.82) is 0 Å². The Kier molecular flexibility index (Phi) is 3.41. The minimum Gasteiger partial charge on any atom is -0.507 e. The molecule has 0 heterocycles. The van der Waals surface area contributed by atoms with Crippen molar-refractivity contribution >= 4 is 0 Å². The van der Waals surface area contributed by atoms with Crippen molar-refractivity contribution in [3.63, 3.8) is 0 Å². The van der Waals surface area contributed by atoms with Gasteiger partial charge in [-0.2, -0.15) is 0 Å². The van der Waals surface area contributed by atoms with E-state index in [1.54, 1.807) is 13.0 Å². The lowest BCUT2D eigenvalue weighted by Gasteiger charge is -2.13. The van der Waals surface area contributed by atoms with Gasteiger partial charge in [0.1, 0.15) is 5.75 Å². The van der Waals surface area contributed by atoms with Crippen LogP contribution in [0.1, 0.15) is 30.4 Å². The molecule has 0 aromatic heterocycles. The first kappa shape index (κ1) is 10.9. The molecular formula is C10H13F2NO. The number of phenolic OH excluding ortho intramolecular Hbond substituents is 1. The van der Waals surface area contributed by atoms with Gasteiger partial charge < -0.3 is 10.8 Å². The largest absolute Gasteiger partial charge is 0.507 e. The Labute approximate surface area is 81.4 Å². The van der Waals surface area contributed by atoms with E-state index in [1.807, 2.05) is 0 Å². The topological polar surface area (TPSA) is 46.2 Å². The number of para-hydroxylation sites is 1. The number of hydrogen-bond acceptors (Lipinski definition) is 2. The molecule has 14 heavy (non-hydrogen) atoms. The molecule has 0 fully saturated rings. The Morgan fingerprint density at radius 2 is 1.93 bits per heavy atom. The van der Waals surface area contributed by atoms with Gasteiger partial charge in [-0.15, -0.1) is 0 Å². The van der Waals surface area contributed by atoms with Crippen LogP contribution in [-0.2, 0) is 0 Å². The summed E-state index contributed by atoms with van der Waals surface area (Å²) in [6.45, 7) is 2.10. The molecule has 0 aliphatic heterocycles. The van der Waals surface area contributed by atoms with Crippen LogP contribution in [-0.4, -0.2) is 11.7 Å². The molecule has 1 aromatic rings. The van der Waals surface area contributed by atoms with Crippen LogP contribution in [0, 0.1) is 0 Å². The van der Waals surface area contributed by atoms with Crippen molar-refractivity contribution in [3.05, 3.63) is 29.3 Å². The SMILES string of the molecule is CC(CN)c1cccc(C(F)F)c1O. The quantitative estimate of drug-likeness (QED) is 0.788. The van der Waals surface area contributed by atoms with Gasteiger partial charge in [-0.25, -0.2) is 8.78 Å². The maximum Gasteiger partial charge on any atom is 0.267 e. The Morgan fingerprint density at radius 1 is 1.36 bits per heavy atom. The summed E-state index contributed by atoms with van der Waals surface area (Å²) in [5, 5.41) is 9.53. The minimum absolute atomic E-state index is 0.117. The van der Waals surface area contributed by atoms with Gasteiger partial charge in [-0.3, -0.25) is 0 Å². The normalized spacial score (nSPS) is 13.2. The van der Waals surface area contributed by atoms with E-state index in [4.69, 9.17) is 5.73 Å². The Hall–Kier alpha value is -1.16. The van der Waals surface area contributed by atoms with Crippen molar-refractivity contribution in [2.45, 2.75) is 19.3 Å². The van der Waals surface area contributed by atoms with Crippen molar-refractivity contribution in [2.24, 2.45) is 5.73 Å². The van der Waals surface area contributed by atoms with E-state index < -0.39 is 6.43 Å². The third kappa shape index (κ3) is 2.01. The monoisotopic (exact) mass is 201 g/mol. The zero-order valence-electron chi connectivity index (χ0n) is 7.87. The first-order valence-corrected chi connectivity index (χ1v) is 4.38. The molecule has 0 aliphatic carbocycles. The molecule has 0 aliphatic rings. The Bertz CT molecular complexity index is 315. The second-order valence-electron chi connectivity index (χ2n) is 3.22. The summed E-state index contributed by atoms with van der Waals surface area (Å²) < 4.78 is 24.8. The van der Waals surface area contributed by atoms with Crippen molar-refractivity contribution in [1.82, 2.24) is 0 Å². The lowest BCUT2D eigenvalue weighted by atomic mass is 9.98. The molecule has 0 saturated carbocycles. The number of rotatable bonds is 3. The summed E-state index contributed by atoms with van der Waals surface area (Å²) in [6.07, 6.45) is -2.65. The molecule has 78 valence electrons. The third-order valence-electron chi connectivity index (χ3n) is 2.22. The molecule has 0 spiro atoms. The van der Waals surface area contributed by atoms with Crippen molar-refractivity contribution < 1.29 is 13.9 Å². The molecule has 3 N–H and O–H groups in total. The van der Waals surface area contributed by atoms with E-state index in [1.165, 1.54) is 12.1 Å². The van der Waals surface area contributed by atoms with Crippen molar-refractivity contribution in [3.8, 4) is 5.75 Å². The predicted molar refractivity (Wildman–Crippen MR) is 50.5 cm³/mol. The second-order valence-corrected chi connectivity index (χ2v) is 3.22. The number of alkyl halides is 2. The highest BCUT2D eigenvalue weighted by molar-refractivity contribution is 5.42. The average molecular weight is 201 g/mol. The average Bonchev–Trinajstić information content (AvgIpc) is 2.16. The van der Waals surface area contributed by atoms with E-state index in [2.05, 4.69) is 0 Å². The molecule has 1 unspecified atom stereocenters. The zero-order valence-corrected chi connectivity index (χ0v) is 7.87. The molecule has 0 radical (unpaired) electrons. The summed E-state index contributed by atoms with van der Waals surface area (Å²) in [6, 6.07) is 4.33.